The highest BCUT2D eigenvalue weighted by molar-refractivity contribution is 7.92. The van der Waals surface area contributed by atoms with Gasteiger partial charge in [-0.15, -0.1) is 0 Å². The van der Waals surface area contributed by atoms with Gasteiger partial charge in [-0.05, 0) is 55.8 Å². The first-order valence-corrected chi connectivity index (χ1v) is 13.9. The van der Waals surface area contributed by atoms with Gasteiger partial charge in [-0.1, -0.05) is 36.4 Å². The third-order valence-electron chi connectivity index (χ3n) is 6.10. The van der Waals surface area contributed by atoms with Crippen molar-refractivity contribution in [3.8, 4) is 0 Å². The molecule has 39 heavy (non-hydrogen) atoms. The van der Waals surface area contributed by atoms with E-state index >= 15 is 0 Å². The summed E-state index contributed by atoms with van der Waals surface area (Å²) in [6.45, 7) is 3.36. The first kappa shape index (κ1) is 27.4. The molecule has 0 spiro atoms. The van der Waals surface area contributed by atoms with Gasteiger partial charge in [0.15, 0.2) is 0 Å². The zero-order valence-corrected chi connectivity index (χ0v) is 22.4. The van der Waals surface area contributed by atoms with Crippen molar-refractivity contribution in [3.05, 3.63) is 89.5 Å². The standard InChI is InChI=1S/C28H28N4O6S/c1-4-38-28(35)19-10-15-22-23(16-19)31-27(34)24(22)25(18-8-6-5-7-9-18)30-20-11-13-21(14-12-20)32(39(3,36)37)17(2)26(29)33/h5-17,30H,4H2,1-3H3,(H2,29,33)(H,31,34)/b25-24-. The average molecular weight is 549 g/mol. The molecule has 1 aliphatic heterocycles. The molecule has 1 unspecified atom stereocenters. The number of primary amides is 1. The predicted octanol–water partition coefficient (Wildman–Crippen LogP) is 3.44. The van der Waals surface area contributed by atoms with Crippen LogP contribution in [0.1, 0.15) is 35.3 Å². The highest BCUT2D eigenvalue weighted by atomic mass is 32.2. The Morgan fingerprint density at radius 2 is 1.69 bits per heavy atom. The Hall–Kier alpha value is -4.64. The number of fused-ring (bicyclic) bond motifs is 1. The number of rotatable bonds is 9. The van der Waals surface area contributed by atoms with Crippen molar-refractivity contribution in [3.63, 3.8) is 0 Å². The summed E-state index contributed by atoms with van der Waals surface area (Å²) < 4.78 is 30.8. The second-order valence-corrected chi connectivity index (χ2v) is 10.7. The number of sulfonamides is 1. The average Bonchev–Trinajstić information content (AvgIpc) is 3.22. The van der Waals surface area contributed by atoms with Gasteiger partial charge < -0.3 is 21.1 Å². The topological polar surface area (TPSA) is 148 Å². The molecular weight excluding hydrogens is 520 g/mol. The third kappa shape index (κ3) is 5.78. The third-order valence-corrected chi connectivity index (χ3v) is 7.34. The van der Waals surface area contributed by atoms with Crippen LogP contribution >= 0.6 is 0 Å². The molecule has 10 nitrogen and oxygen atoms in total. The normalized spacial score (nSPS) is 14.6. The highest BCUT2D eigenvalue weighted by Gasteiger charge is 2.30. The van der Waals surface area contributed by atoms with Crippen LogP contribution in [-0.2, 0) is 24.3 Å². The summed E-state index contributed by atoms with van der Waals surface area (Å²) in [5.41, 5.74) is 9.21. The Labute approximate surface area is 226 Å². The minimum absolute atomic E-state index is 0.234. The molecular formula is C28H28N4O6S. The number of ether oxygens (including phenoxy) is 1. The fourth-order valence-corrected chi connectivity index (χ4v) is 5.48. The summed E-state index contributed by atoms with van der Waals surface area (Å²) in [6, 6.07) is 19.4. The molecule has 1 aliphatic rings. The number of carbonyl (C=O) groups is 3. The van der Waals surface area contributed by atoms with E-state index in [1.54, 1.807) is 49.4 Å². The van der Waals surface area contributed by atoms with Crippen molar-refractivity contribution in [1.29, 1.82) is 0 Å². The van der Waals surface area contributed by atoms with Crippen LogP contribution in [0.15, 0.2) is 72.8 Å². The molecule has 1 heterocycles. The zero-order valence-electron chi connectivity index (χ0n) is 21.6. The number of amides is 2. The summed E-state index contributed by atoms with van der Waals surface area (Å²) in [7, 11) is -3.79. The van der Waals surface area contributed by atoms with Crippen molar-refractivity contribution >= 4 is 56.1 Å². The van der Waals surface area contributed by atoms with Gasteiger partial charge in [0.25, 0.3) is 5.91 Å². The van der Waals surface area contributed by atoms with Gasteiger partial charge in [0.1, 0.15) is 6.04 Å². The van der Waals surface area contributed by atoms with E-state index in [0.717, 1.165) is 16.1 Å². The van der Waals surface area contributed by atoms with Crippen LogP contribution in [0.3, 0.4) is 0 Å². The van der Waals surface area contributed by atoms with Gasteiger partial charge in [-0.25, -0.2) is 13.2 Å². The lowest BCUT2D eigenvalue weighted by atomic mass is 9.99. The SMILES string of the molecule is CCOC(=O)c1ccc2c(c1)NC(=O)/C2=C(\Nc1ccc(N(C(C)C(N)=O)S(C)(=O)=O)cc1)c1ccccc1. The van der Waals surface area contributed by atoms with Gasteiger partial charge in [0.05, 0.1) is 41.1 Å². The molecule has 11 heteroatoms. The number of esters is 1. The molecule has 0 aromatic heterocycles. The Kier molecular flexibility index (Phi) is 7.73. The molecule has 4 rings (SSSR count). The lowest BCUT2D eigenvalue weighted by molar-refractivity contribution is -0.118. The Balaban J connectivity index is 1.76. The molecule has 0 saturated carbocycles. The van der Waals surface area contributed by atoms with Crippen molar-refractivity contribution < 1.29 is 27.5 Å². The number of nitrogens with zero attached hydrogens (tertiary/aromatic N) is 1. The maximum Gasteiger partial charge on any atom is 0.338 e. The highest BCUT2D eigenvalue weighted by Crippen LogP contribution is 2.38. The van der Waals surface area contributed by atoms with Gasteiger partial charge in [-0.2, -0.15) is 0 Å². The molecule has 0 saturated heterocycles. The molecule has 1 atom stereocenters. The maximum atomic E-state index is 13.2. The molecule has 0 bridgehead atoms. The van der Waals surface area contributed by atoms with Gasteiger partial charge >= 0.3 is 5.97 Å². The summed E-state index contributed by atoms with van der Waals surface area (Å²) >= 11 is 0. The van der Waals surface area contributed by atoms with Gasteiger partial charge in [0.2, 0.25) is 15.9 Å². The fraction of sp³-hybridized carbons (Fsp3) is 0.179. The molecule has 3 aromatic carbocycles. The second kappa shape index (κ2) is 11.0. The van der Waals surface area contributed by atoms with Crippen LogP contribution in [0, 0.1) is 0 Å². The van der Waals surface area contributed by atoms with Crippen molar-refractivity contribution in [1.82, 2.24) is 0 Å². The fourth-order valence-electron chi connectivity index (χ4n) is 4.30. The van der Waals surface area contributed by atoms with Crippen molar-refractivity contribution in [2.24, 2.45) is 5.73 Å². The molecule has 4 N–H and O–H groups in total. The number of anilines is 3. The zero-order chi connectivity index (χ0) is 28.3. The van der Waals surface area contributed by atoms with E-state index in [1.165, 1.54) is 6.92 Å². The van der Waals surface area contributed by atoms with Crippen LogP contribution in [0.4, 0.5) is 17.1 Å². The van der Waals surface area contributed by atoms with Gasteiger partial charge in [-0.3, -0.25) is 13.9 Å². The largest absolute Gasteiger partial charge is 0.462 e. The first-order chi connectivity index (χ1) is 18.5. The quantitative estimate of drug-likeness (QED) is 0.274. The van der Waals surface area contributed by atoms with E-state index < -0.39 is 27.9 Å². The molecule has 0 fully saturated rings. The Morgan fingerprint density at radius 1 is 1.03 bits per heavy atom. The van der Waals surface area contributed by atoms with Crippen molar-refractivity contribution in [2.45, 2.75) is 19.9 Å². The minimum atomic E-state index is -3.79. The second-order valence-electron chi connectivity index (χ2n) is 8.86. The van der Waals surface area contributed by atoms with Crippen LogP contribution in [0.25, 0.3) is 11.3 Å². The van der Waals surface area contributed by atoms with E-state index in [1.807, 2.05) is 30.3 Å². The number of benzene rings is 3. The predicted molar refractivity (Wildman–Crippen MR) is 150 cm³/mol. The number of nitrogens with one attached hydrogen (secondary N) is 2. The lowest BCUT2D eigenvalue weighted by Gasteiger charge is -2.27. The minimum Gasteiger partial charge on any atom is -0.462 e. The van der Waals surface area contributed by atoms with Crippen LogP contribution in [-0.4, -0.2) is 45.1 Å². The Bertz CT molecular complexity index is 1570. The summed E-state index contributed by atoms with van der Waals surface area (Å²) in [4.78, 5) is 37.1. The van der Waals surface area contributed by atoms with E-state index in [9.17, 15) is 22.8 Å². The maximum absolute atomic E-state index is 13.2. The monoisotopic (exact) mass is 548 g/mol. The van der Waals surface area contributed by atoms with Crippen molar-refractivity contribution in [2.75, 3.05) is 27.8 Å². The van der Waals surface area contributed by atoms with Crippen LogP contribution in [0.5, 0.6) is 0 Å². The molecule has 0 aliphatic carbocycles. The summed E-state index contributed by atoms with van der Waals surface area (Å²) in [6.07, 6.45) is 1.00. The molecule has 0 radical (unpaired) electrons. The summed E-state index contributed by atoms with van der Waals surface area (Å²) in [5.74, 6) is -1.62. The molecule has 202 valence electrons. The Morgan fingerprint density at radius 3 is 2.28 bits per heavy atom. The number of hydrogen-bond acceptors (Lipinski definition) is 7. The van der Waals surface area contributed by atoms with E-state index in [-0.39, 0.29) is 18.2 Å². The smallest absolute Gasteiger partial charge is 0.338 e. The van der Waals surface area contributed by atoms with E-state index in [4.69, 9.17) is 10.5 Å². The number of nitrogens with two attached hydrogens (primary N) is 1. The number of hydrogen-bond donors (Lipinski definition) is 3. The summed E-state index contributed by atoms with van der Waals surface area (Å²) in [5, 5.41) is 6.11. The molecule has 3 aromatic rings. The van der Waals surface area contributed by atoms with Crippen LogP contribution in [0.2, 0.25) is 0 Å². The first-order valence-electron chi connectivity index (χ1n) is 12.1. The van der Waals surface area contributed by atoms with E-state index in [0.29, 0.717) is 33.8 Å². The lowest BCUT2D eigenvalue weighted by Crippen LogP contribution is -2.45. The van der Waals surface area contributed by atoms with Crippen LogP contribution < -0.4 is 20.7 Å². The number of carbonyl (C=O) groups excluding carboxylic acids is 3. The van der Waals surface area contributed by atoms with E-state index in [2.05, 4.69) is 10.6 Å². The molecule has 2 amide bonds. The van der Waals surface area contributed by atoms with Gasteiger partial charge in [0, 0.05) is 11.3 Å².